The lowest BCUT2D eigenvalue weighted by molar-refractivity contribution is 0.130. The van der Waals surface area contributed by atoms with Gasteiger partial charge in [-0.3, -0.25) is 4.98 Å². The Morgan fingerprint density at radius 2 is 2.29 bits per heavy atom. The second kappa shape index (κ2) is 5.93. The summed E-state index contributed by atoms with van der Waals surface area (Å²) in [5.41, 5.74) is 0.591. The Bertz CT molecular complexity index is 355. The summed E-state index contributed by atoms with van der Waals surface area (Å²) < 4.78 is 5.57. The fourth-order valence-corrected chi connectivity index (χ4v) is 1.51. The molecule has 94 valence electrons. The molecule has 0 unspecified atom stereocenters. The minimum absolute atomic E-state index is 0.0765. The number of likely N-dealkylation sites (N-methyl/N-ethyl adjacent to an activating group) is 1. The molecule has 1 saturated carbocycles. The van der Waals surface area contributed by atoms with Crippen LogP contribution in [-0.4, -0.2) is 41.9 Å². The van der Waals surface area contributed by atoms with Crippen LogP contribution in [0.5, 0.6) is 0 Å². The van der Waals surface area contributed by atoms with Gasteiger partial charge in [0.15, 0.2) is 0 Å². The fourth-order valence-electron chi connectivity index (χ4n) is 1.51. The molecule has 17 heavy (non-hydrogen) atoms. The van der Waals surface area contributed by atoms with Crippen LogP contribution in [0.1, 0.15) is 18.5 Å². The highest BCUT2D eigenvalue weighted by Crippen LogP contribution is 2.28. The van der Waals surface area contributed by atoms with Crippen LogP contribution in [0.4, 0.5) is 5.82 Å². The Hall–Kier alpha value is -1.20. The van der Waals surface area contributed by atoms with Crippen LogP contribution in [0.2, 0.25) is 0 Å². The van der Waals surface area contributed by atoms with Crippen molar-refractivity contribution in [2.45, 2.75) is 19.4 Å². The van der Waals surface area contributed by atoms with Gasteiger partial charge in [-0.15, -0.1) is 0 Å². The molecular weight excluding hydrogens is 218 g/mol. The standard InChI is InChI=1S/C12H19N3O2/c1-15(4-5-17-9-10-2-3-10)12-7-13-6-11(8-16)14-12/h6-7,10,16H,2-5,8-9H2,1H3. The van der Waals surface area contributed by atoms with Crippen molar-refractivity contribution in [1.29, 1.82) is 0 Å². The van der Waals surface area contributed by atoms with E-state index in [1.54, 1.807) is 12.4 Å². The van der Waals surface area contributed by atoms with Crippen molar-refractivity contribution in [1.82, 2.24) is 9.97 Å². The molecule has 1 fully saturated rings. The lowest BCUT2D eigenvalue weighted by atomic mass is 10.4. The average molecular weight is 237 g/mol. The van der Waals surface area contributed by atoms with E-state index in [4.69, 9.17) is 9.84 Å². The van der Waals surface area contributed by atoms with Gasteiger partial charge in [0.1, 0.15) is 5.82 Å². The summed E-state index contributed by atoms with van der Waals surface area (Å²) in [5, 5.41) is 8.98. The monoisotopic (exact) mass is 237 g/mol. The summed E-state index contributed by atoms with van der Waals surface area (Å²) in [6, 6.07) is 0. The summed E-state index contributed by atoms with van der Waals surface area (Å²) in [6.07, 6.45) is 5.90. The Morgan fingerprint density at radius 3 is 3.00 bits per heavy atom. The summed E-state index contributed by atoms with van der Waals surface area (Å²) in [6.45, 7) is 2.30. The third kappa shape index (κ3) is 3.94. The van der Waals surface area contributed by atoms with Gasteiger partial charge in [-0.1, -0.05) is 0 Å². The largest absolute Gasteiger partial charge is 0.390 e. The molecule has 0 spiro atoms. The van der Waals surface area contributed by atoms with Crippen molar-refractivity contribution >= 4 is 5.82 Å². The number of aliphatic hydroxyl groups is 1. The van der Waals surface area contributed by atoms with E-state index in [1.807, 2.05) is 11.9 Å². The topological polar surface area (TPSA) is 58.5 Å². The minimum atomic E-state index is -0.0765. The molecule has 1 aromatic heterocycles. The number of nitrogens with zero attached hydrogens (tertiary/aromatic N) is 3. The lowest BCUT2D eigenvalue weighted by Crippen LogP contribution is -2.24. The first-order valence-corrected chi connectivity index (χ1v) is 6.00. The highest BCUT2D eigenvalue weighted by Gasteiger charge is 2.20. The lowest BCUT2D eigenvalue weighted by Gasteiger charge is -2.18. The SMILES string of the molecule is CN(CCOCC1CC1)c1cncc(CO)n1. The zero-order valence-electron chi connectivity index (χ0n) is 10.2. The maximum atomic E-state index is 8.98. The Kier molecular flexibility index (Phi) is 4.28. The minimum Gasteiger partial charge on any atom is -0.390 e. The molecule has 0 aromatic carbocycles. The quantitative estimate of drug-likeness (QED) is 0.712. The molecule has 1 aliphatic carbocycles. The zero-order valence-corrected chi connectivity index (χ0v) is 10.2. The van der Waals surface area contributed by atoms with Gasteiger partial charge >= 0.3 is 0 Å². The van der Waals surface area contributed by atoms with E-state index >= 15 is 0 Å². The van der Waals surface area contributed by atoms with Gasteiger partial charge in [0.2, 0.25) is 0 Å². The second-order valence-corrected chi connectivity index (χ2v) is 4.47. The maximum Gasteiger partial charge on any atom is 0.147 e. The first-order chi connectivity index (χ1) is 8.29. The molecule has 0 aliphatic heterocycles. The summed E-state index contributed by atoms with van der Waals surface area (Å²) >= 11 is 0. The van der Waals surface area contributed by atoms with Gasteiger partial charge in [-0.05, 0) is 18.8 Å². The molecule has 5 nitrogen and oxygen atoms in total. The molecule has 5 heteroatoms. The fraction of sp³-hybridized carbons (Fsp3) is 0.667. The zero-order chi connectivity index (χ0) is 12.1. The first-order valence-electron chi connectivity index (χ1n) is 6.00. The Morgan fingerprint density at radius 1 is 1.47 bits per heavy atom. The molecule has 0 saturated heterocycles. The first kappa shape index (κ1) is 12.3. The van der Waals surface area contributed by atoms with Gasteiger partial charge in [-0.2, -0.15) is 0 Å². The molecule has 1 aromatic rings. The van der Waals surface area contributed by atoms with E-state index in [2.05, 4.69) is 9.97 Å². The number of rotatable bonds is 7. The molecule has 1 aliphatic rings. The average Bonchev–Trinajstić information content (AvgIpc) is 3.18. The molecule has 0 amide bonds. The van der Waals surface area contributed by atoms with Crippen LogP contribution in [0.15, 0.2) is 12.4 Å². The number of hydrogen-bond donors (Lipinski definition) is 1. The number of aromatic nitrogens is 2. The van der Waals surface area contributed by atoms with Crippen LogP contribution in [0.25, 0.3) is 0 Å². The van der Waals surface area contributed by atoms with Crippen molar-refractivity contribution in [2.75, 3.05) is 31.7 Å². The Labute approximate surface area is 101 Å². The maximum absolute atomic E-state index is 8.98. The number of anilines is 1. The van der Waals surface area contributed by atoms with Crippen molar-refractivity contribution in [2.24, 2.45) is 5.92 Å². The van der Waals surface area contributed by atoms with Crippen LogP contribution >= 0.6 is 0 Å². The smallest absolute Gasteiger partial charge is 0.147 e. The van der Waals surface area contributed by atoms with Gasteiger partial charge in [0.05, 0.1) is 31.3 Å². The predicted octanol–water partition coefficient (Wildman–Crippen LogP) is 0.832. The Balaban J connectivity index is 1.74. The summed E-state index contributed by atoms with van der Waals surface area (Å²) in [7, 11) is 1.95. The van der Waals surface area contributed by atoms with Crippen molar-refractivity contribution in [3.63, 3.8) is 0 Å². The van der Waals surface area contributed by atoms with E-state index in [1.165, 1.54) is 12.8 Å². The highest BCUT2D eigenvalue weighted by atomic mass is 16.5. The van der Waals surface area contributed by atoms with Gasteiger partial charge < -0.3 is 14.7 Å². The normalized spacial score (nSPS) is 14.9. The van der Waals surface area contributed by atoms with E-state index in [-0.39, 0.29) is 6.61 Å². The van der Waals surface area contributed by atoms with Gasteiger partial charge in [-0.25, -0.2) is 4.98 Å². The highest BCUT2D eigenvalue weighted by molar-refractivity contribution is 5.34. The molecule has 1 heterocycles. The van der Waals surface area contributed by atoms with E-state index in [9.17, 15) is 0 Å². The molecular formula is C12H19N3O2. The number of hydrogen-bond acceptors (Lipinski definition) is 5. The summed E-state index contributed by atoms with van der Waals surface area (Å²) in [5.74, 6) is 1.57. The second-order valence-electron chi connectivity index (χ2n) is 4.47. The third-order valence-electron chi connectivity index (χ3n) is 2.85. The van der Waals surface area contributed by atoms with Crippen LogP contribution < -0.4 is 4.90 Å². The van der Waals surface area contributed by atoms with Gasteiger partial charge in [0.25, 0.3) is 0 Å². The van der Waals surface area contributed by atoms with E-state index in [0.717, 1.165) is 24.9 Å². The van der Waals surface area contributed by atoms with Crippen molar-refractivity contribution < 1.29 is 9.84 Å². The van der Waals surface area contributed by atoms with Crippen LogP contribution in [0, 0.1) is 5.92 Å². The van der Waals surface area contributed by atoms with Crippen LogP contribution in [-0.2, 0) is 11.3 Å². The predicted molar refractivity (Wildman–Crippen MR) is 64.8 cm³/mol. The van der Waals surface area contributed by atoms with Crippen LogP contribution in [0.3, 0.4) is 0 Å². The number of aliphatic hydroxyl groups excluding tert-OH is 1. The summed E-state index contributed by atoms with van der Waals surface area (Å²) in [4.78, 5) is 10.3. The van der Waals surface area contributed by atoms with E-state index < -0.39 is 0 Å². The molecule has 1 N–H and O–H groups in total. The van der Waals surface area contributed by atoms with Crippen molar-refractivity contribution in [3.8, 4) is 0 Å². The third-order valence-corrected chi connectivity index (χ3v) is 2.85. The molecule has 0 atom stereocenters. The molecule has 0 radical (unpaired) electrons. The molecule has 2 rings (SSSR count). The van der Waals surface area contributed by atoms with Gasteiger partial charge in [0, 0.05) is 20.2 Å². The molecule has 0 bridgehead atoms. The van der Waals surface area contributed by atoms with Crippen molar-refractivity contribution in [3.05, 3.63) is 18.1 Å². The number of ether oxygens (including phenoxy) is 1. The van der Waals surface area contributed by atoms with E-state index in [0.29, 0.717) is 12.3 Å².